The number of benzene rings is 1. The van der Waals surface area contributed by atoms with Crippen LogP contribution in [0.1, 0.15) is 43.9 Å². The van der Waals surface area contributed by atoms with E-state index in [1.165, 1.54) is 0 Å². The van der Waals surface area contributed by atoms with Gasteiger partial charge < -0.3 is 14.6 Å². The molecule has 0 saturated heterocycles. The molecule has 1 saturated carbocycles. The smallest absolute Gasteiger partial charge is 0.225 e. The highest BCUT2D eigenvalue weighted by Crippen LogP contribution is 2.30. The third-order valence-corrected chi connectivity index (χ3v) is 5.37. The zero-order valence-electron chi connectivity index (χ0n) is 15.9. The van der Waals surface area contributed by atoms with E-state index in [9.17, 15) is 9.59 Å². The molecule has 0 spiro atoms. The summed E-state index contributed by atoms with van der Waals surface area (Å²) in [6.45, 7) is 3.80. The first-order valence-corrected chi connectivity index (χ1v) is 9.80. The zero-order chi connectivity index (χ0) is 19.1. The Labute approximate surface area is 160 Å². The Balaban J connectivity index is 1.47. The lowest BCUT2D eigenvalue weighted by atomic mass is 9.81. The molecule has 1 fully saturated rings. The van der Waals surface area contributed by atoms with E-state index in [-0.39, 0.29) is 23.7 Å². The molecule has 1 N–H and O–H groups in total. The van der Waals surface area contributed by atoms with Crippen molar-refractivity contribution in [3.63, 3.8) is 0 Å². The van der Waals surface area contributed by atoms with Gasteiger partial charge in [-0.15, -0.1) is 0 Å². The highest BCUT2D eigenvalue weighted by Gasteiger charge is 2.31. The molecular formula is C22H28N2O3. The fourth-order valence-electron chi connectivity index (χ4n) is 3.74. The summed E-state index contributed by atoms with van der Waals surface area (Å²) in [6.07, 6.45) is 4.70. The Morgan fingerprint density at radius 3 is 2.37 bits per heavy atom. The fourth-order valence-corrected chi connectivity index (χ4v) is 3.74. The van der Waals surface area contributed by atoms with Gasteiger partial charge in [-0.1, -0.05) is 30.3 Å². The summed E-state index contributed by atoms with van der Waals surface area (Å²) in [4.78, 5) is 27.2. The minimum absolute atomic E-state index is 0.00629. The van der Waals surface area contributed by atoms with Gasteiger partial charge in [-0.05, 0) is 50.3 Å². The number of hydrogen-bond donors (Lipinski definition) is 1. The van der Waals surface area contributed by atoms with Gasteiger partial charge in [0.1, 0.15) is 5.76 Å². The first-order valence-electron chi connectivity index (χ1n) is 9.80. The normalized spacial score (nSPS) is 19.4. The van der Waals surface area contributed by atoms with E-state index in [1.54, 1.807) is 6.26 Å². The number of amides is 2. The van der Waals surface area contributed by atoms with Crippen molar-refractivity contribution < 1.29 is 14.0 Å². The minimum Gasteiger partial charge on any atom is -0.467 e. The zero-order valence-corrected chi connectivity index (χ0v) is 15.9. The average Bonchev–Trinajstić information content (AvgIpc) is 3.24. The van der Waals surface area contributed by atoms with E-state index in [1.807, 2.05) is 42.2 Å². The highest BCUT2D eigenvalue weighted by molar-refractivity contribution is 5.81. The Kier molecular flexibility index (Phi) is 6.69. The van der Waals surface area contributed by atoms with Gasteiger partial charge in [0.15, 0.2) is 0 Å². The predicted molar refractivity (Wildman–Crippen MR) is 104 cm³/mol. The Morgan fingerprint density at radius 2 is 1.74 bits per heavy atom. The lowest BCUT2D eigenvalue weighted by Gasteiger charge is -2.31. The maximum absolute atomic E-state index is 12.9. The summed E-state index contributed by atoms with van der Waals surface area (Å²) in [7, 11) is 0. The lowest BCUT2D eigenvalue weighted by Crippen LogP contribution is -2.39. The van der Waals surface area contributed by atoms with Crippen LogP contribution in [0, 0.1) is 11.8 Å². The van der Waals surface area contributed by atoms with Crippen molar-refractivity contribution in [2.75, 3.05) is 6.54 Å². The summed E-state index contributed by atoms with van der Waals surface area (Å²) >= 11 is 0. The second-order valence-electron chi connectivity index (χ2n) is 7.18. The second-order valence-corrected chi connectivity index (χ2v) is 7.18. The number of carbonyl (C=O) groups is 2. The molecule has 0 bridgehead atoms. The van der Waals surface area contributed by atoms with Crippen LogP contribution in [0.15, 0.2) is 53.1 Å². The largest absolute Gasteiger partial charge is 0.467 e. The number of nitrogens with zero attached hydrogens (tertiary/aromatic N) is 1. The van der Waals surface area contributed by atoms with E-state index in [4.69, 9.17) is 4.42 Å². The van der Waals surface area contributed by atoms with Gasteiger partial charge >= 0.3 is 0 Å². The SMILES string of the molecule is CCN(Cc1ccccc1)C(=O)C1CCC(C(=O)NCc2ccco2)CC1. The van der Waals surface area contributed by atoms with Crippen LogP contribution in [-0.2, 0) is 22.7 Å². The number of hydrogen-bond acceptors (Lipinski definition) is 3. The molecule has 0 unspecified atom stereocenters. The molecular weight excluding hydrogens is 340 g/mol. The van der Waals surface area contributed by atoms with Crippen LogP contribution in [0.3, 0.4) is 0 Å². The molecule has 1 aromatic heterocycles. The van der Waals surface area contributed by atoms with Crippen LogP contribution in [0.2, 0.25) is 0 Å². The number of nitrogens with one attached hydrogen (secondary N) is 1. The molecule has 3 rings (SSSR count). The van der Waals surface area contributed by atoms with E-state index in [2.05, 4.69) is 17.4 Å². The summed E-state index contributed by atoms with van der Waals surface area (Å²) in [5.41, 5.74) is 1.15. The molecule has 0 radical (unpaired) electrons. The van der Waals surface area contributed by atoms with Crippen LogP contribution in [-0.4, -0.2) is 23.3 Å². The molecule has 2 amide bonds. The van der Waals surface area contributed by atoms with Gasteiger partial charge in [0, 0.05) is 24.9 Å². The van der Waals surface area contributed by atoms with Gasteiger partial charge in [-0.25, -0.2) is 0 Å². The van der Waals surface area contributed by atoms with Crippen LogP contribution < -0.4 is 5.32 Å². The average molecular weight is 368 g/mol. The van der Waals surface area contributed by atoms with E-state index in [0.717, 1.165) is 37.0 Å². The van der Waals surface area contributed by atoms with Crippen molar-refractivity contribution in [1.82, 2.24) is 10.2 Å². The lowest BCUT2D eigenvalue weighted by molar-refractivity contribution is -0.138. The summed E-state index contributed by atoms with van der Waals surface area (Å²) < 4.78 is 5.24. The molecule has 144 valence electrons. The highest BCUT2D eigenvalue weighted by atomic mass is 16.3. The monoisotopic (exact) mass is 368 g/mol. The molecule has 1 aliphatic rings. The maximum Gasteiger partial charge on any atom is 0.225 e. The molecule has 27 heavy (non-hydrogen) atoms. The molecule has 1 heterocycles. The van der Waals surface area contributed by atoms with Crippen molar-refractivity contribution in [3.8, 4) is 0 Å². The minimum atomic E-state index is -0.00629. The maximum atomic E-state index is 12.9. The standard InChI is InChI=1S/C22H28N2O3/c1-2-24(16-17-7-4-3-5-8-17)22(26)19-12-10-18(11-13-19)21(25)23-15-20-9-6-14-27-20/h3-9,14,18-19H,2,10-13,15-16H2,1H3,(H,23,25). The van der Waals surface area contributed by atoms with E-state index >= 15 is 0 Å². The Morgan fingerprint density at radius 1 is 1.04 bits per heavy atom. The molecule has 1 aromatic carbocycles. The molecule has 5 heteroatoms. The van der Waals surface area contributed by atoms with Crippen LogP contribution in [0.4, 0.5) is 0 Å². The first-order chi connectivity index (χ1) is 13.2. The molecule has 0 aliphatic heterocycles. The second kappa shape index (κ2) is 9.40. The van der Waals surface area contributed by atoms with Gasteiger partial charge in [-0.3, -0.25) is 9.59 Å². The number of rotatable bonds is 7. The predicted octanol–water partition coefficient (Wildman–Crippen LogP) is 3.75. The van der Waals surface area contributed by atoms with Crippen molar-refractivity contribution in [1.29, 1.82) is 0 Å². The van der Waals surface area contributed by atoms with Crippen LogP contribution in [0.25, 0.3) is 0 Å². The van der Waals surface area contributed by atoms with Gasteiger partial charge in [0.05, 0.1) is 12.8 Å². The third kappa shape index (κ3) is 5.22. The molecule has 5 nitrogen and oxygen atoms in total. The van der Waals surface area contributed by atoms with Crippen molar-refractivity contribution in [3.05, 3.63) is 60.1 Å². The van der Waals surface area contributed by atoms with Gasteiger partial charge in [-0.2, -0.15) is 0 Å². The van der Waals surface area contributed by atoms with Crippen LogP contribution >= 0.6 is 0 Å². The van der Waals surface area contributed by atoms with Crippen molar-refractivity contribution >= 4 is 11.8 Å². The Hall–Kier alpha value is -2.56. The van der Waals surface area contributed by atoms with E-state index in [0.29, 0.717) is 19.6 Å². The third-order valence-electron chi connectivity index (χ3n) is 5.37. The quantitative estimate of drug-likeness (QED) is 0.809. The van der Waals surface area contributed by atoms with Crippen molar-refractivity contribution in [2.45, 2.75) is 45.7 Å². The fraction of sp³-hybridized carbons (Fsp3) is 0.455. The summed E-state index contributed by atoms with van der Waals surface area (Å²) in [5, 5.41) is 2.94. The number of carbonyl (C=O) groups excluding carboxylic acids is 2. The molecule has 2 aromatic rings. The topological polar surface area (TPSA) is 62.6 Å². The van der Waals surface area contributed by atoms with Gasteiger partial charge in [0.2, 0.25) is 11.8 Å². The van der Waals surface area contributed by atoms with Crippen LogP contribution in [0.5, 0.6) is 0 Å². The molecule has 0 atom stereocenters. The van der Waals surface area contributed by atoms with Gasteiger partial charge in [0.25, 0.3) is 0 Å². The first kappa shape index (κ1) is 19.2. The summed E-state index contributed by atoms with van der Waals surface area (Å²) in [6, 6.07) is 13.8. The summed E-state index contributed by atoms with van der Waals surface area (Å²) in [5.74, 6) is 1.06. The molecule has 1 aliphatic carbocycles. The number of furan rings is 1. The van der Waals surface area contributed by atoms with Crippen molar-refractivity contribution in [2.24, 2.45) is 11.8 Å². The van der Waals surface area contributed by atoms with E-state index < -0.39 is 0 Å². The Bertz CT molecular complexity index is 719.